The predicted octanol–water partition coefficient (Wildman–Crippen LogP) is 1.99. The zero-order chi connectivity index (χ0) is 20.8. The van der Waals surface area contributed by atoms with Crippen molar-refractivity contribution in [2.75, 3.05) is 31.6 Å². The van der Waals surface area contributed by atoms with Crippen LogP contribution in [-0.2, 0) is 0 Å². The summed E-state index contributed by atoms with van der Waals surface area (Å²) in [4.78, 5) is 32.3. The maximum Gasteiger partial charge on any atom is 0.329 e. The highest BCUT2D eigenvalue weighted by Gasteiger charge is 2.38. The summed E-state index contributed by atoms with van der Waals surface area (Å²) in [6.07, 6.45) is 5.91. The van der Waals surface area contributed by atoms with Crippen LogP contribution in [0.3, 0.4) is 0 Å². The average molecular weight is 409 g/mol. The SMILES string of the molecule is COc1c(N2CCC(N(CCC#N)C3CC3)C2)ccc2c(=O)[nH]c(=O)n(C3CC3)c12. The number of H-pyrrole nitrogens is 1. The van der Waals surface area contributed by atoms with E-state index in [1.54, 1.807) is 11.7 Å². The van der Waals surface area contributed by atoms with Crippen molar-refractivity contribution in [3.63, 3.8) is 0 Å². The number of hydrogen-bond donors (Lipinski definition) is 1. The topological polar surface area (TPSA) is 94.4 Å². The molecule has 3 aliphatic rings. The molecule has 1 saturated heterocycles. The van der Waals surface area contributed by atoms with E-state index in [9.17, 15) is 9.59 Å². The molecule has 1 aromatic carbocycles. The number of fused-ring (bicyclic) bond motifs is 1. The number of anilines is 1. The van der Waals surface area contributed by atoms with Gasteiger partial charge >= 0.3 is 5.69 Å². The van der Waals surface area contributed by atoms with Crippen LogP contribution in [0, 0.1) is 11.3 Å². The van der Waals surface area contributed by atoms with Gasteiger partial charge in [-0.1, -0.05) is 0 Å². The van der Waals surface area contributed by atoms with Crippen LogP contribution in [0.5, 0.6) is 5.75 Å². The van der Waals surface area contributed by atoms with Gasteiger partial charge in [0.1, 0.15) is 5.52 Å². The molecule has 0 spiro atoms. The van der Waals surface area contributed by atoms with Crippen LogP contribution in [0.4, 0.5) is 5.69 Å². The molecular formula is C22H27N5O3. The number of rotatable bonds is 7. The van der Waals surface area contributed by atoms with E-state index in [4.69, 9.17) is 10.00 Å². The summed E-state index contributed by atoms with van der Waals surface area (Å²) in [6, 6.07) is 7.18. The molecular weight excluding hydrogens is 382 g/mol. The molecule has 0 amide bonds. The van der Waals surface area contributed by atoms with E-state index in [0.717, 1.165) is 44.6 Å². The summed E-state index contributed by atoms with van der Waals surface area (Å²) in [5.74, 6) is 0.609. The Labute approximate surface area is 174 Å². The van der Waals surface area contributed by atoms with Gasteiger partial charge in [-0.25, -0.2) is 4.79 Å². The molecule has 2 aromatic rings. The molecule has 0 bridgehead atoms. The van der Waals surface area contributed by atoms with Gasteiger partial charge in [0.15, 0.2) is 5.75 Å². The number of nitrogens with one attached hydrogen (secondary N) is 1. The smallest absolute Gasteiger partial charge is 0.329 e. The van der Waals surface area contributed by atoms with E-state index in [1.165, 1.54) is 12.8 Å². The summed E-state index contributed by atoms with van der Waals surface area (Å²) in [6.45, 7) is 2.57. The van der Waals surface area contributed by atoms with Crippen LogP contribution >= 0.6 is 0 Å². The second-order valence-electron chi connectivity index (χ2n) is 8.64. The van der Waals surface area contributed by atoms with Crippen LogP contribution in [0.1, 0.15) is 44.6 Å². The third-order valence-electron chi connectivity index (χ3n) is 6.62. The fraction of sp³-hybridized carbons (Fsp3) is 0.591. The number of aromatic amines is 1. The minimum Gasteiger partial charge on any atom is -0.492 e. The molecule has 1 aromatic heterocycles. The lowest BCUT2D eigenvalue weighted by Crippen LogP contribution is -2.40. The third kappa shape index (κ3) is 3.27. The van der Waals surface area contributed by atoms with Crippen molar-refractivity contribution in [2.24, 2.45) is 0 Å². The van der Waals surface area contributed by atoms with Gasteiger partial charge < -0.3 is 9.64 Å². The normalized spacial score (nSPS) is 21.4. The molecule has 2 aliphatic carbocycles. The maximum absolute atomic E-state index is 12.6. The van der Waals surface area contributed by atoms with E-state index in [1.807, 2.05) is 12.1 Å². The lowest BCUT2D eigenvalue weighted by atomic mass is 10.1. The molecule has 8 nitrogen and oxygen atoms in total. The Morgan fingerprint density at radius 3 is 2.67 bits per heavy atom. The largest absolute Gasteiger partial charge is 0.492 e. The summed E-state index contributed by atoms with van der Waals surface area (Å²) >= 11 is 0. The van der Waals surface area contributed by atoms with Gasteiger partial charge in [-0.3, -0.25) is 19.2 Å². The van der Waals surface area contributed by atoms with E-state index in [0.29, 0.717) is 35.2 Å². The van der Waals surface area contributed by atoms with Gasteiger partial charge in [-0.2, -0.15) is 5.26 Å². The number of ether oxygens (including phenoxy) is 1. The number of methoxy groups -OCH3 is 1. The van der Waals surface area contributed by atoms with Crippen molar-refractivity contribution in [3.8, 4) is 11.8 Å². The minimum absolute atomic E-state index is 0.128. The minimum atomic E-state index is -0.368. The molecule has 2 saturated carbocycles. The van der Waals surface area contributed by atoms with Crippen molar-refractivity contribution in [2.45, 2.75) is 56.7 Å². The van der Waals surface area contributed by atoms with Crippen molar-refractivity contribution in [1.29, 1.82) is 5.26 Å². The molecule has 8 heteroatoms. The zero-order valence-electron chi connectivity index (χ0n) is 17.3. The highest BCUT2D eigenvalue weighted by molar-refractivity contribution is 5.90. The first kappa shape index (κ1) is 19.2. The molecule has 3 fully saturated rings. The Hall–Kier alpha value is -2.79. The number of nitrogens with zero attached hydrogens (tertiary/aromatic N) is 4. The van der Waals surface area contributed by atoms with Crippen LogP contribution in [-0.4, -0.2) is 53.3 Å². The predicted molar refractivity (Wildman–Crippen MR) is 114 cm³/mol. The van der Waals surface area contributed by atoms with Crippen molar-refractivity contribution >= 4 is 16.6 Å². The second-order valence-corrected chi connectivity index (χ2v) is 8.64. The summed E-state index contributed by atoms with van der Waals surface area (Å²) in [7, 11) is 1.61. The van der Waals surface area contributed by atoms with Gasteiger partial charge in [0.05, 0.1) is 24.3 Å². The molecule has 2 heterocycles. The number of aromatic nitrogens is 2. The van der Waals surface area contributed by atoms with E-state index < -0.39 is 0 Å². The van der Waals surface area contributed by atoms with Crippen LogP contribution in [0.2, 0.25) is 0 Å². The molecule has 1 unspecified atom stereocenters. The quantitative estimate of drug-likeness (QED) is 0.752. The molecule has 158 valence electrons. The zero-order valence-corrected chi connectivity index (χ0v) is 17.3. The fourth-order valence-corrected chi connectivity index (χ4v) is 4.92. The number of benzene rings is 1. The monoisotopic (exact) mass is 409 g/mol. The highest BCUT2D eigenvalue weighted by Crippen LogP contribution is 2.42. The van der Waals surface area contributed by atoms with Gasteiger partial charge in [0, 0.05) is 44.2 Å². The summed E-state index contributed by atoms with van der Waals surface area (Å²) in [5, 5.41) is 9.51. The molecule has 1 N–H and O–H groups in total. The van der Waals surface area contributed by atoms with Crippen molar-refractivity contribution in [1.82, 2.24) is 14.5 Å². The average Bonchev–Trinajstić information content (AvgIpc) is 3.67. The Morgan fingerprint density at radius 2 is 2.00 bits per heavy atom. The Balaban J connectivity index is 1.52. The Morgan fingerprint density at radius 1 is 1.20 bits per heavy atom. The van der Waals surface area contributed by atoms with Gasteiger partial charge in [-0.05, 0) is 44.2 Å². The summed E-state index contributed by atoms with van der Waals surface area (Å²) in [5.41, 5.74) is 0.815. The molecule has 5 rings (SSSR count). The standard InChI is InChI=1S/C22H27N5O3/c1-30-20-18(25-12-9-16(13-25)26(11-2-10-23)14-3-4-14)8-7-17-19(20)27(15-5-6-15)22(29)24-21(17)28/h7-8,14-16H,2-6,9,11-13H2,1H3,(H,24,28,29). The van der Waals surface area contributed by atoms with Gasteiger partial charge in [0.2, 0.25) is 0 Å². The Kier molecular flexibility index (Phi) is 4.78. The molecule has 1 atom stereocenters. The maximum atomic E-state index is 12.6. The first-order chi connectivity index (χ1) is 14.6. The first-order valence-electron chi connectivity index (χ1n) is 10.9. The lowest BCUT2D eigenvalue weighted by Gasteiger charge is -2.29. The first-order valence-corrected chi connectivity index (χ1v) is 10.9. The molecule has 30 heavy (non-hydrogen) atoms. The van der Waals surface area contributed by atoms with Gasteiger partial charge in [-0.15, -0.1) is 0 Å². The van der Waals surface area contributed by atoms with Crippen molar-refractivity contribution in [3.05, 3.63) is 33.0 Å². The van der Waals surface area contributed by atoms with Crippen LogP contribution in [0.25, 0.3) is 10.9 Å². The third-order valence-corrected chi connectivity index (χ3v) is 6.62. The van der Waals surface area contributed by atoms with Crippen LogP contribution in [0.15, 0.2) is 21.7 Å². The Bertz CT molecular complexity index is 1120. The van der Waals surface area contributed by atoms with E-state index >= 15 is 0 Å². The lowest BCUT2D eigenvalue weighted by molar-refractivity contribution is 0.204. The highest BCUT2D eigenvalue weighted by atomic mass is 16.5. The summed E-state index contributed by atoms with van der Waals surface area (Å²) < 4.78 is 7.51. The van der Waals surface area contributed by atoms with Crippen LogP contribution < -0.4 is 20.9 Å². The van der Waals surface area contributed by atoms with Gasteiger partial charge in [0.25, 0.3) is 5.56 Å². The molecule has 1 aliphatic heterocycles. The van der Waals surface area contributed by atoms with E-state index in [2.05, 4.69) is 20.9 Å². The van der Waals surface area contributed by atoms with E-state index in [-0.39, 0.29) is 17.3 Å². The number of hydrogen-bond acceptors (Lipinski definition) is 6. The second kappa shape index (κ2) is 7.47. The fourth-order valence-electron chi connectivity index (χ4n) is 4.92. The molecule has 0 radical (unpaired) electrons. The van der Waals surface area contributed by atoms with Crippen molar-refractivity contribution < 1.29 is 4.74 Å². The number of nitriles is 1.